The second kappa shape index (κ2) is 8.69. The normalized spacial score (nSPS) is 14.8. The first kappa shape index (κ1) is 20.0. The highest BCUT2D eigenvalue weighted by atomic mass is 35.5. The van der Waals surface area contributed by atoms with Crippen LogP contribution in [0.3, 0.4) is 0 Å². The summed E-state index contributed by atoms with van der Waals surface area (Å²) in [5.74, 6) is 1.02. The Bertz CT molecular complexity index is 1200. The average Bonchev–Trinajstić information content (AvgIpc) is 3.48. The van der Waals surface area contributed by atoms with E-state index in [9.17, 15) is 4.79 Å². The Kier molecular flexibility index (Phi) is 5.61. The minimum atomic E-state index is 0.00469. The number of halogens is 1. The highest BCUT2D eigenvalue weighted by Crippen LogP contribution is 2.30. The maximum atomic E-state index is 12.7. The molecule has 4 aromatic rings. The van der Waals surface area contributed by atoms with Gasteiger partial charge in [0.2, 0.25) is 5.91 Å². The van der Waals surface area contributed by atoms with Crippen LogP contribution in [0, 0.1) is 5.92 Å². The number of carbonyl (C=O) groups is 1. The van der Waals surface area contributed by atoms with Gasteiger partial charge in [0, 0.05) is 43.0 Å². The fourth-order valence-corrected chi connectivity index (χ4v) is 4.90. The number of fused-ring (bicyclic) bond motifs is 1. The van der Waals surface area contributed by atoms with Gasteiger partial charge in [0.25, 0.3) is 0 Å². The zero-order chi connectivity index (χ0) is 21.2. The Labute approximate surface area is 189 Å². The summed E-state index contributed by atoms with van der Waals surface area (Å²) in [6, 6.07) is 13.8. The van der Waals surface area contributed by atoms with Crippen molar-refractivity contribution in [2.24, 2.45) is 5.92 Å². The van der Waals surface area contributed by atoms with Crippen LogP contribution in [0.1, 0.15) is 18.4 Å². The molecule has 0 bridgehead atoms. The molecule has 5 rings (SSSR count). The van der Waals surface area contributed by atoms with E-state index in [4.69, 9.17) is 16.7 Å². The summed E-state index contributed by atoms with van der Waals surface area (Å²) in [6.45, 7) is 2.04. The predicted octanol–water partition coefficient (Wildman–Crippen LogP) is 4.64. The lowest BCUT2D eigenvalue weighted by molar-refractivity contribution is -0.125. The molecule has 0 spiro atoms. The number of benzene rings is 1. The molecule has 4 heterocycles. The lowest BCUT2D eigenvalue weighted by Crippen LogP contribution is -2.40. The Morgan fingerprint density at radius 1 is 1.19 bits per heavy atom. The quantitative estimate of drug-likeness (QED) is 0.480. The molecule has 0 atom stereocenters. The molecular formula is C23H22ClN5OS. The van der Waals surface area contributed by atoms with Crippen LogP contribution in [0.2, 0.25) is 5.02 Å². The smallest absolute Gasteiger partial charge is 0.223 e. The number of rotatable bonds is 5. The second-order valence-electron chi connectivity index (χ2n) is 7.66. The van der Waals surface area contributed by atoms with Crippen LogP contribution in [0.5, 0.6) is 0 Å². The molecule has 8 heteroatoms. The number of nitrogens with one attached hydrogen (secondary N) is 1. The molecule has 0 radical (unpaired) electrons. The van der Waals surface area contributed by atoms with E-state index in [1.165, 1.54) is 0 Å². The van der Waals surface area contributed by atoms with E-state index in [1.54, 1.807) is 17.5 Å². The number of anilines is 1. The number of nitrogens with zero attached hydrogens (tertiary/aromatic N) is 4. The van der Waals surface area contributed by atoms with Gasteiger partial charge in [-0.05, 0) is 42.0 Å². The minimum Gasteiger partial charge on any atom is -0.355 e. The molecule has 1 aromatic carbocycles. The highest BCUT2D eigenvalue weighted by Gasteiger charge is 2.27. The molecule has 0 aliphatic carbocycles. The second-order valence-corrected chi connectivity index (χ2v) is 9.01. The lowest BCUT2D eigenvalue weighted by Gasteiger charge is -2.32. The van der Waals surface area contributed by atoms with Gasteiger partial charge in [-0.25, -0.2) is 9.50 Å². The molecule has 1 aliphatic heterocycles. The first-order chi connectivity index (χ1) is 15.2. The third-order valence-electron chi connectivity index (χ3n) is 5.72. The largest absolute Gasteiger partial charge is 0.355 e. The molecule has 1 aliphatic rings. The summed E-state index contributed by atoms with van der Waals surface area (Å²) in [5.41, 5.74) is 2.89. The molecule has 0 saturated carbocycles. The summed E-state index contributed by atoms with van der Waals surface area (Å²) in [7, 11) is 0. The van der Waals surface area contributed by atoms with Crippen molar-refractivity contribution in [2.45, 2.75) is 19.4 Å². The Balaban J connectivity index is 1.25. The topological polar surface area (TPSA) is 62.5 Å². The van der Waals surface area contributed by atoms with Crippen LogP contribution in [-0.4, -0.2) is 33.6 Å². The average molecular weight is 452 g/mol. The third-order valence-corrected chi connectivity index (χ3v) is 6.98. The van der Waals surface area contributed by atoms with Crippen LogP contribution < -0.4 is 10.2 Å². The molecule has 158 valence electrons. The molecule has 31 heavy (non-hydrogen) atoms. The van der Waals surface area contributed by atoms with Crippen LogP contribution in [-0.2, 0) is 11.3 Å². The number of hydrogen-bond donors (Lipinski definition) is 1. The fraction of sp³-hybridized carbons (Fsp3) is 0.261. The number of carbonyl (C=O) groups excluding carboxylic acids is 1. The number of aromatic nitrogens is 3. The molecule has 0 unspecified atom stereocenters. The van der Waals surface area contributed by atoms with Crippen molar-refractivity contribution in [3.8, 4) is 10.6 Å². The van der Waals surface area contributed by atoms with E-state index >= 15 is 0 Å². The fourth-order valence-electron chi connectivity index (χ4n) is 4.02. The maximum absolute atomic E-state index is 12.7. The lowest BCUT2D eigenvalue weighted by atomic mass is 9.95. The van der Waals surface area contributed by atoms with Crippen molar-refractivity contribution in [1.29, 1.82) is 0 Å². The molecule has 1 saturated heterocycles. The van der Waals surface area contributed by atoms with Gasteiger partial charge >= 0.3 is 0 Å². The van der Waals surface area contributed by atoms with E-state index in [1.807, 2.05) is 41.0 Å². The first-order valence-corrected chi connectivity index (χ1v) is 11.6. The van der Waals surface area contributed by atoms with Gasteiger partial charge < -0.3 is 10.2 Å². The predicted molar refractivity (Wildman–Crippen MR) is 125 cm³/mol. The van der Waals surface area contributed by atoms with E-state index < -0.39 is 0 Å². The monoisotopic (exact) mass is 451 g/mol. The molecule has 1 amide bonds. The van der Waals surface area contributed by atoms with Crippen LogP contribution in [0.25, 0.3) is 16.1 Å². The number of hydrogen-bond acceptors (Lipinski definition) is 5. The molecule has 3 aromatic heterocycles. The van der Waals surface area contributed by atoms with Gasteiger partial charge in [-0.15, -0.1) is 11.3 Å². The van der Waals surface area contributed by atoms with Crippen molar-refractivity contribution in [1.82, 2.24) is 19.9 Å². The summed E-state index contributed by atoms with van der Waals surface area (Å²) in [6.07, 6.45) is 5.26. The Hall–Kier alpha value is -2.90. The Morgan fingerprint density at radius 2 is 2.03 bits per heavy atom. The van der Waals surface area contributed by atoms with E-state index in [2.05, 4.69) is 32.7 Å². The van der Waals surface area contributed by atoms with Crippen molar-refractivity contribution >= 4 is 40.2 Å². The van der Waals surface area contributed by atoms with Gasteiger partial charge in [0.05, 0.1) is 4.88 Å². The summed E-state index contributed by atoms with van der Waals surface area (Å²) in [4.78, 5) is 20.7. The third kappa shape index (κ3) is 4.16. The van der Waals surface area contributed by atoms with Crippen molar-refractivity contribution in [3.63, 3.8) is 0 Å². The van der Waals surface area contributed by atoms with E-state index in [0.717, 1.165) is 53.4 Å². The zero-order valence-electron chi connectivity index (χ0n) is 16.9. The van der Waals surface area contributed by atoms with Crippen LogP contribution in [0.15, 0.2) is 60.2 Å². The number of amides is 1. The number of thiophene rings is 1. The van der Waals surface area contributed by atoms with Gasteiger partial charge in [0.1, 0.15) is 11.2 Å². The first-order valence-electron chi connectivity index (χ1n) is 10.3. The summed E-state index contributed by atoms with van der Waals surface area (Å²) >= 11 is 7.87. The number of piperidine rings is 1. The molecule has 6 nitrogen and oxygen atoms in total. The summed E-state index contributed by atoms with van der Waals surface area (Å²) < 4.78 is 1.89. The van der Waals surface area contributed by atoms with E-state index in [-0.39, 0.29) is 11.8 Å². The van der Waals surface area contributed by atoms with Crippen molar-refractivity contribution in [3.05, 3.63) is 70.8 Å². The highest BCUT2D eigenvalue weighted by molar-refractivity contribution is 7.13. The minimum absolute atomic E-state index is 0.00469. The van der Waals surface area contributed by atoms with Gasteiger partial charge in [-0.3, -0.25) is 4.79 Å². The van der Waals surface area contributed by atoms with Gasteiger partial charge in [-0.2, -0.15) is 5.10 Å². The molecule has 1 N–H and O–H groups in total. The van der Waals surface area contributed by atoms with Gasteiger partial charge in [0.15, 0.2) is 5.82 Å². The zero-order valence-corrected chi connectivity index (χ0v) is 18.4. The Morgan fingerprint density at radius 3 is 2.81 bits per heavy atom. The van der Waals surface area contributed by atoms with Crippen molar-refractivity contribution in [2.75, 3.05) is 18.0 Å². The molecular weight excluding hydrogens is 430 g/mol. The summed E-state index contributed by atoms with van der Waals surface area (Å²) in [5, 5.41) is 10.5. The maximum Gasteiger partial charge on any atom is 0.223 e. The molecule has 1 fully saturated rings. The van der Waals surface area contributed by atoms with Crippen LogP contribution in [0.4, 0.5) is 5.82 Å². The van der Waals surface area contributed by atoms with Gasteiger partial charge in [-0.1, -0.05) is 35.9 Å². The standard InChI is InChI=1S/C23H22ClN5OS/c24-18-5-2-1-4-17(18)15-26-23(30)16-7-10-28(11-8-16)22-20-14-19(21-6-3-13-31-21)27-29(20)12-9-25-22/h1-6,9,12-14,16H,7-8,10-11,15H2,(H,26,30). The van der Waals surface area contributed by atoms with E-state index in [0.29, 0.717) is 11.6 Å². The van der Waals surface area contributed by atoms with Crippen LogP contribution >= 0.6 is 22.9 Å². The SMILES string of the molecule is O=C(NCc1ccccc1Cl)C1CCN(c2nccn3nc(-c4cccs4)cc23)CC1. The van der Waals surface area contributed by atoms with Crippen molar-refractivity contribution < 1.29 is 4.79 Å².